The number of hydrogen-bond acceptors (Lipinski definition) is 13. The van der Waals surface area contributed by atoms with Crippen LogP contribution in [0.5, 0.6) is 0 Å². The molecule has 0 spiro atoms. The normalized spacial score (nSPS) is 15.8. The topological polar surface area (TPSA) is 207 Å². The van der Waals surface area contributed by atoms with Gasteiger partial charge in [0.05, 0.1) is 22.3 Å². The Labute approximate surface area is 356 Å². The fraction of sp³-hybridized carbons (Fsp3) is 0. The molecule has 0 saturated carbocycles. The van der Waals surface area contributed by atoms with Crippen molar-refractivity contribution >= 4 is 74.2 Å². The summed E-state index contributed by atoms with van der Waals surface area (Å²) in [6.07, 6.45) is 0. The number of hydroxylamine groups is 8. The van der Waals surface area contributed by atoms with Gasteiger partial charge in [-0.05, 0) is 24.3 Å². The van der Waals surface area contributed by atoms with Crippen LogP contribution in [0.15, 0.2) is 146 Å². The number of hydrogen-bond donors (Lipinski definition) is 1. The van der Waals surface area contributed by atoms with E-state index in [1.165, 1.54) is 84.9 Å². The van der Waals surface area contributed by atoms with Gasteiger partial charge in [-0.3, -0.25) is 19.2 Å². The Morgan fingerprint density at radius 1 is 0.349 bits per heavy atom. The van der Waals surface area contributed by atoms with Crippen molar-refractivity contribution < 1.29 is 61.7 Å². The molecule has 4 aliphatic rings. The molecular weight excluding hydrogens is 854 g/mol. The number of fused-ring (bicyclic) bond motifs is 4. The summed E-state index contributed by atoms with van der Waals surface area (Å²) >= 11 is 0. The number of nitrogens with zero attached hydrogens (tertiary/aromatic N) is 4. The summed E-state index contributed by atoms with van der Waals surface area (Å²) in [4.78, 5) is 119. The molecule has 1 N–H and O–H groups in total. The molecule has 0 atom stereocenters. The Bertz CT molecular complexity index is 2740. The van der Waals surface area contributed by atoms with Gasteiger partial charge in [0.25, 0.3) is 0 Å². The van der Waals surface area contributed by atoms with E-state index < -0.39 is 63.6 Å². The Balaban J connectivity index is 0.947. The predicted octanol–water partition coefficient (Wildman–Crippen LogP) is 5.31. The van der Waals surface area contributed by atoms with Crippen molar-refractivity contribution in [3.05, 3.63) is 190 Å². The van der Waals surface area contributed by atoms with Gasteiger partial charge < -0.3 is 0 Å². The fourth-order valence-electron chi connectivity index (χ4n) is 7.26. The van der Waals surface area contributed by atoms with Gasteiger partial charge in [0, 0.05) is 0 Å². The zero-order valence-electron chi connectivity index (χ0n) is 31.9. The summed E-state index contributed by atoms with van der Waals surface area (Å²) in [7, 11) is -7.70. The van der Waals surface area contributed by atoms with Gasteiger partial charge in [-0.2, -0.15) is 0 Å². The molecule has 63 heavy (non-hydrogen) atoms. The summed E-state index contributed by atoms with van der Waals surface area (Å²) in [6, 6.07) is 36.1. The van der Waals surface area contributed by atoms with E-state index in [1.807, 2.05) is 0 Å². The number of carbonyl (C=O) groups excluding carboxylic acids is 8. The average Bonchev–Trinajstić information content (AvgIpc) is 3.90. The molecule has 0 unspecified atom stereocenters. The molecule has 6 aromatic carbocycles. The first-order valence-corrected chi connectivity index (χ1v) is 21.8. The van der Waals surface area contributed by atoms with Gasteiger partial charge in [-0.1, -0.05) is 24.3 Å². The molecule has 4 aliphatic heterocycles. The molecule has 17 nitrogen and oxygen atoms in total. The van der Waals surface area contributed by atoms with Crippen LogP contribution in [0.3, 0.4) is 0 Å². The van der Waals surface area contributed by atoms with Crippen LogP contribution in [0.4, 0.5) is 0 Å². The van der Waals surface area contributed by atoms with E-state index in [2.05, 4.69) is 0 Å². The van der Waals surface area contributed by atoms with Gasteiger partial charge >= 0.3 is 267 Å². The monoisotopic (exact) mass is 880 g/mol. The minimum atomic E-state index is -5.14. The van der Waals surface area contributed by atoms with Gasteiger partial charge in [0.2, 0.25) is 0 Å². The molecular formula is C44H26N4O13P2. The van der Waals surface area contributed by atoms with Crippen molar-refractivity contribution in [2.45, 2.75) is 0 Å². The van der Waals surface area contributed by atoms with E-state index >= 15 is 0 Å². The van der Waals surface area contributed by atoms with Crippen molar-refractivity contribution in [1.29, 1.82) is 0 Å². The Morgan fingerprint density at radius 2 is 0.603 bits per heavy atom. The van der Waals surface area contributed by atoms with Gasteiger partial charge in [0.15, 0.2) is 0 Å². The molecule has 4 heterocycles. The first-order chi connectivity index (χ1) is 30.4. The standard InChI is InChI=1S/C44H26N4O13P2/c49-37-29-9-1-2-10-30(29)38(50)45(37)58-62(59-46-39(51)31-11-3-4-12-32(31)40(46)52)27-21-17-25(18-22-27)26-19-23-28(24-20-26)63(57,60-47-41(53)33-13-5-6-14-34(33)42(47)54)61-48-43(55)35-15-7-8-16-36(35)44(48)56/h1-24,57,63H. The maximum absolute atomic E-state index is 13.3. The van der Waals surface area contributed by atoms with Crippen molar-refractivity contribution in [2.24, 2.45) is 0 Å². The summed E-state index contributed by atoms with van der Waals surface area (Å²) < 4.78 is 23.3. The van der Waals surface area contributed by atoms with E-state index in [9.17, 15) is 43.2 Å². The molecule has 19 heteroatoms. The number of rotatable bonds is 11. The van der Waals surface area contributed by atoms with Crippen molar-refractivity contribution in [3.8, 4) is 11.1 Å². The molecule has 0 saturated heterocycles. The summed E-state index contributed by atoms with van der Waals surface area (Å²) in [6.45, 7) is 0. The van der Waals surface area contributed by atoms with Crippen LogP contribution in [0.1, 0.15) is 82.9 Å². The maximum atomic E-state index is 13.3. The third-order valence-corrected chi connectivity index (χ3v) is 13.7. The molecule has 0 radical (unpaired) electrons. The molecule has 0 aliphatic carbocycles. The predicted molar refractivity (Wildman–Crippen MR) is 221 cm³/mol. The van der Waals surface area contributed by atoms with Crippen LogP contribution in [0, 0.1) is 0 Å². The van der Waals surface area contributed by atoms with Crippen LogP contribution >= 0.6 is 16.3 Å². The number of amides is 8. The van der Waals surface area contributed by atoms with E-state index in [0.29, 0.717) is 31.4 Å². The van der Waals surface area contributed by atoms with Crippen molar-refractivity contribution in [3.63, 3.8) is 0 Å². The third kappa shape index (κ3) is 6.47. The fourth-order valence-corrected chi connectivity index (χ4v) is 10.1. The van der Waals surface area contributed by atoms with Crippen LogP contribution in [-0.2, 0) is 18.5 Å². The van der Waals surface area contributed by atoms with Gasteiger partial charge in [0.1, 0.15) is 0 Å². The van der Waals surface area contributed by atoms with Crippen LogP contribution in [0.2, 0.25) is 0 Å². The summed E-state index contributed by atoms with van der Waals surface area (Å²) in [5, 5.41) is 1.87. The summed E-state index contributed by atoms with van der Waals surface area (Å²) in [5.74, 6) is -6.68. The first kappa shape index (κ1) is 39.7. The Morgan fingerprint density at radius 3 is 0.889 bits per heavy atom. The quantitative estimate of drug-likeness (QED) is 0.129. The average molecular weight is 881 g/mol. The number of imide groups is 4. The minimum absolute atomic E-state index is 0.00490. The SMILES string of the molecule is O=C1c2ccccc2C(=O)N1OP(ON1C(=O)c2ccccc2C1=O)c1ccc(-c2ccc([PH](O)(ON3C(=O)c4ccccc4C3=O)ON3C(=O)c4ccccc4C3=O)cc2)cc1. The van der Waals surface area contributed by atoms with Gasteiger partial charge in [-0.25, -0.2) is 0 Å². The van der Waals surface area contributed by atoms with Gasteiger partial charge in [-0.15, -0.1) is 0 Å². The second-order valence-electron chi connectivity index (χ2n) is 14.1. The van der Waals surface area contributed by atoms with Crippen LogP contribution < -0.4 is 10.6 Å². The second-order valence-corrected chi connectivity index (χ2v) is 17.6. The van der Waals surface area contributed by atoms with E-state index in [0.717, 1.165) is 0 Å². The molecule has 8 amide bonds. The molecule has 0 aromatic heterocycles. The molecule has 10 rings (SSSR count). The second kappa shape index (κ2) is 15.2. The zero-order valence-corrected chi connectivity index (χ0v) is 33.8. The van der Waals surface area contributed by atoms with E-state index in [-0.39, 0.29) is 55.1 Å². The summed E-state index contributed by atoms with van der Waals surface area (Å²) in [5.41, 5.74) is 1.46. The third-order valence-electron chi connectivity index (χ3n) is 10.4. The molecule has 0 fully saturated rings. The van der Waals surface area contributed by atoms with Crippen molar-refractivity contribution in [1.82, 2.24) is 20.3 Å². The number of benzene rings is 6. The van der Waals surface area contributed by atoms with Crippen LogP contribution in [-0.4, -0.2) is 72.4 Å². The molecule has 0 bridgehead atoms. The van der Waals surface area contributed by atoms with E-state index in [1.54, 1.807) is 60.7 Å². The molecule has 6 aromatic rings. The zero-order chi connectivity index (χ0) is 43.7. The Hall–Kier alpha value is -7.46. The van der Waals surface area contributed by atoms with Crippen LogP contribution in [0.25, 0.3) is 11.1 Å². The Kier molecular flexibility index (Phi) is 9.55. The van der Waals surface area contributed by atoms with Crippen molar-refractivity contribution in [2.75, 3.05) is 0 Å². The van der Waals surface area contributed by atoms with E-state index in [4.69, 9.17) is 18.5 Å². The first-order valence-electron chi connectivity index (χ1n) is 18.8. The number of carbonyl (C=O) groups is 8. The molecule has 310 valence electrons.